The maximum atomic E-state index is 12.3. The van der Waals surface area contributed by atoms with Gasteiger partial charge in [0, 0.05) is 28.1 Å². The molecule has 1 N–H and O–H groups in total. The summed E-state index contributed by atoms with van der Waals surface area (Å²) in [4.78, 5) is 13.6. The molecule has 3 aromatic carbocycles. The van der Waals surface area contributed by atoms with Crippen LogP contribution < -0.4 is 15.3 Å². The van der Waals surface area contributed by atoms with Crippen LogP contribution in [0.4, 0.5) is 0 Å². The van der Waals surface area contributed by atoms with Crippen LogP contribution in [-0.2, 0) is 6.54 Å². The minimum Gasteiger partial charge on any atom is -0.444 e. The summed E-state index contributed by atoms with van der Waals surface area (Å²) in [7, 11) is 0. The molecule has 1 aliphatic heterocycles. The number of rotatable bonds is 3. The lowest BCUT2D eigenvalue weighted by atomic mass is 9.96. The van der Waals surface area contributed by atoms with Crippen molar-refractivity contribution in [3.8, 4) is 16.9 Å². The highest BCUT2D eigenvalue weighted by Crippen LogP contribution is 2.36. The van der Waals surface area contributed by atoms with E-state index in [2.05, 4.69) is 37.3 Å². The number of fused-ring (bicyclic) bond motifs is 2. The SMILES string of the molecule is Cc1c2c(cc3c(-c4ccccc4)cc(=O)oc13)C[NH+]([C@@H](C)c1ccccc1)CO2. The Labute approximate surface area is 175 Å². The van der Waals surface area contributed by atoms with E-state index in [0.29, 0.717) is 18.4 Å². The highest BCUT2D eigenvalue weighted by Gasteiger charge is 2.29. The fourth-order valence-corrected chi connectivity index (χ4v) is 4.41. The van der Waals surface area contributed by atoms with Gasteiger partial charge in [0.05, 0.1) is 0 Å². The van der Waals surface area contributed by atoms with Gasteiger partial charge in [0.15, 0.2) is 0 Å². The van der Waals surface area contributed by atoms with Crippen molar-refractivity contribution < 1.29 is 14.1 Å². The van der Waals surface area contributed by atoms with Crippen molar-refractivity contribution in [3.63, 3.8) is 0 Å². The molecule has 4 nitrogen and oxygen atoms in total. The summed E-state index contributed by atoms with van der Waals surface area (Å²) in [6, 6.07) is 24.6. The third-order valence-corrected chi connectivity index (χ3v) is 6.11. The second-order valence-corrected chi connectivity index (χ2v) is 7.97. The molecule has 4 heteroatoms. The van der Waals surface area contributed by atoms with E-state index in [4.69, 9.17) is 9.15 Å². The van der Waals surface area contributed by atoms with Crippen molar-refractivity contribution in [2.45, 2.75) is 26.4 Å². The van der Waals surface area contributed by atoms with E-state index in [9.17, 15) is 4.79 Å². The summed E-state index contributed by atoms with van der Waals surface area (Å²) in [5.41, 5.74) is 5.51. The topological polar surface area (TPSA) is 43.9 Å². The Morgan fingerprint density at radius 3 is 2.40 bits per heavy atom. The van der Waals surface area contributed by atoms with Gasteiger partial charge in [0.1, 0.15) is 23.9 Å². The molecular formula is C26H24NO3+. The van der Waals surface area contributed by atoms with Gasteiger partial charge in [-0.15, -0.1) is 0 Å². The first kappa shape index (κ1) is 18.6. The molecule has 0 amide bonds. The van der Waals surface area contributed by atoms with Crippen LogP contribution in [0.2, 0.25) is 0 Å². The quantitative estimate of drug-likeness (QED) is 0.525. The average molecular weight is 398 g/mol. The first-order valence-electron chi connectivity index (χ1n) is 10.3. The fourth-order valence-electron chi connectivity index (χ4n) is 4.41. The van der Waals surface area contributed by atoms with E-state index in [-0.39, 0.29) is 5.63 Å². The van der Waals surface area contributed by atoms with Gasteiger partial charge in [0.2, 0.25) is 6.73 Å². The van der Waals surface area contributed by atoms with Crippen molar-refractivity contribution in [1.29, 1.82) is 0 Å². The Morgan fingerprint density at radius 2 is 1.67 bits per heavy atom. The molecule has 2 atom stereocenters. The molecule has 0 saturated heterocycles. The Balaban J connectivity index is 1.62. The van der Waals surface area contributed by atoms with Crippen LogP contribution in [0.3, 0.4) is 0 Å². The van der Waals surface area contributed by atoms with Crippen LogP contribution in [-0.4, -0.2) is 6.73 Å². The van der Waals surface area contributed by atoms with Crippen LogP contribution >= 0.6 is 0 Å². The van der Waals surface area contributed by atoms with Crippen LogP contribution in [0.25, 0.3) is 22.1 Å². The van der Waals surface area contributed by atoms with E-state index in [0.717, 1.165) is 39.9 Å². The molecule has 0 aliphatic carbocycles. The largest absolute Gasteiger partial charge is 0.444 e. The van der Waals surface area contributed by atoms with Gasteiger partial charge in [-0.25, -0.2) is 4.79 Å². The zero-order valence-electron chi connectivity index (χ0n) is 17.1. The minimum atomic E-state index is -0.342. The first-order chi connectivity index (χ1) is 14.6. The molecule has 30 heavy (non-hydrogen) atoms. The van der Waals surface area contributed by atoms with Crippen LogP contribution in [0.15, 0.2) is 82.0 Å². The second kappa shape index (κ2) is 7.47. The predicted molar refractivity (Wildman–Crippen MR) is 118 cm³/mol. The third-order valence-electron chi connectivity index (χ3n) is 6.11. The lowest BCUT2D eigenvalue weighted by molar-refractivity contribution is -0.960. The molecule has 1 aliphatic rings. The number of aryl methyl sites for hydroxylation is 1. The normalized spacial score (nSPS) is 16.7. The van der Waals surface area contributed by atoms with E-state index >= 15 is 0 Å². The molecule has 0 bridgehead atoms. The van der Waals surface area contributed by atoms with E-state index < -0.39 is 0 Å². The summed E-state index contributed by atoms with van der Waals surface area (Å²) in [5.74, 6) is 0.847. The number of quaternary nitrogens is 1. The number of hydrogen-bond acceptors (Lipinski definition) is 3. The van der Waals surface area contributed by atoms with E-state index in [1.165, 1.54) is 10.5 Å². The molecule has 1 unspecified atom stereocenters. The van der Waals surface area contributed by atoms with Gasteiger partial charge in [0.25, 0.3) is 0 Å². The van der Waals surface area contributed by atoms with Crippen molar-refractivity contribution in [2.24, 2.45) is 0 Å². The number of nitrogens with one attached hydrogen (secondary N) is 1. The molecule has 0 saturated carbocycles. The third kappa shape index (κ3) is 3.19. The summed E-state index contributed by atoms with van der Waals surface area (Å²) in [5, 5.41) is 0.953. The second-order valence-electron chi connectivity index (χ2n) is 7.97. The number of benzene rings is 3. The molecule has 0 spiro atoms. The smallest absolute Gasteiger partial charge is 0.336 e. The van der Waals surface area contributed by atoms with E-state index in [1.807, 2.05) is 43.3 Å². The lowest BCUT2D eigenvalue weighted by Crippen LogP contribution is -3.12. The van der Waals surface area contributed by atoms with Gasteiger partial charge in [-0.1, -0.05) is 60.7 Å². The number of ether oxygens (including phenoxy) is 1. The van der Waals surface area contributed by atoms with Gasteiger partial charge < -0.3 is 9.15 Å². The highest BCUT2D eigenvalue weighted by molar-refractivity contribution is 5.96. The molecule has 0 fully saturated rings. The maximum absolute atomic E-state index is 12.3. The first-order valence-corrected chi connectivity index (χ1v) is 10.3. The lowest BCUT2D eigenvalue weighted by Gasteiger charge is -2.31. The summed E-state index contributed by atoms with van der Waals surface area (Å²) in [6.45, 7) is 5.65. The van der Waals surface area contributed by atoms with Gasteiger partial charge >= 0.3 is 5.63 Å². The molecular weight excluding hydrogens is 374 g/mol. The zero-order chi connectivity index (χ0) is 20.7. The standard InChI is InChI=1S/C26H23NO3/c1-17-25-21(15-27(16-29-25)18(2)19-9-5-3-6-10-19)13-23-22(14-24(28)30-26(17)23)20-11-7-4-8-12-20/h3-14,18H,15-16H2,1-2H3/p+1/t18-/m0/s1. The Bertz CT molecular complexity index is 1260. The molecule has 4 aromatic rings. The molecule has 1 aromatic heterocycles. The van der Waals surface area contributed by atoms with Crippen molar-refractivity contribution >= 4 is 11.0 Å². The molecule has 150 valence electrons. The Morgan fingerprint density at radius 1 is 0.967 bits per heavy atom. The molecule has 0 radical (unpaired) electrons. The predicted octanol–water partition coefficient (Wildman–Crippen LogP) is 4.26. The van der Waals surface area contributed by atoms with E-state index in [1.54, 1.807) is 6.07 Å². The zero-order valence-corrected chi connectivity index (χ0v) is 17.1. The van der Waals surface area contributed by atoms with Crippen molar-refractivity contribution in [1.82, 2.24) is 0 Å². The van der Waals surface area contributed by atoms with Crippen LogP contribution in [0, 0.1) is 6.92 Å². The van der Waals surface area contributed by atoms with Gasteiger partial charge in [-0.2, -0.15) is 0 Å². The van der Waals surface area contributed by atoms with Gasteiger partial charge in [-0.05, 0) is 31.0 Å². The van der Waals surface area contributed by atoms with Crippen LogP contribution in [0.1, 0.15) is 29.7 Å². The molecule has 2 heterocycles. The van der Waals surface area contributed by atoms with Crippen molar-refractivity contribution in [2.75, 3.05) is 6.73 Å². The Hall–Kier alpha value is -3.37. The minimum absolute atomic E-state index is 0.317. The van der Waals surface area contributed by atoms with Gasteiger partial charge in [-0.3, -0.25) is 4.90 Å². The highest BCUT2D eigenvalue weighted by atomic mass is 16.5. The molecule has 5 rings (SSSR count). The maximum Gasteiger partial charge on any atom is 0.336 e. The fraction of sp³-hybridized carbons (Fsp3) is 0.192. The average Bonchev–Trinajstić information content (AvgIpc) is 2.79. The summed E-state index contributed by atoms with van der Waals surface area (Å²) >= 11 is 0. The van der Waals surface area contributed by atoms with Crippen molar-refractivity contribution in [3.05, 3.63) is 99.9 Å². The summed E-state index contributed by atoms with van der Waals surface area (Å²) in [6.07, 6.45) is 0. The Kier molecular flexibility index (Phi) is 4.64. The monoisotopic (exact) mass is 398 g/mol. The van der Waals surface area contributed by atoms with Crippen LogP contribution in [0.5, 0.6) is 5.75 Å². The summed E-state index contributed by atoms with van der Waals surface area (Å²) < 4.78 is 11.8. The number of hydrogen-bond donors (Lipinski definition) is 1.